The van der Waals surface area contributed by atoms with E-state index in [-0.39, 0.29) is 0 Å². The summed E-state index contributed by atoms with van der Waals surface area (Å²) in [7, 11) is 0. The molecule has 0 N–H and O–H groups in total. The van der Waals surface area contributed by atoms with Crippen molar-refractivity contribution in [3.63, 3.8) is 0 Å². The molecule has 1 heterocycles. The molecule has 0 fully saturated rings. The van der Waals surface area contributed by atoms with E-state index in [1.54, 1.807) is 0 Å². The fourth-order valence-electron chi connectivity index (χ4n) is 0.654. The monoisotopic (exact) mass is 153 g/mol. The first kappa shape index (κ1) is 7.16. The Morgan fingerprint density at radius 2 is 2.30 bits per heavy atom. The molecular weight excluding hydrogens is 146 g/mol. The van der Waals surface area contributed by atoms with E-state index in [0.29, 0.717) is 11.6 Å². The molecule has 1 aromatic rings. The predicted octanol–water partition coefficient (Wildman–Crippen LogP) is 1.53. The molecule has 1 aromatic heterocycles. The molecule has 0 saturated carbocycles. The third kappa shape index (κ3) is 1.14. The van der Waals surface area contributed by atoms with Crippen molar-refractivity contribution in [2.75, 3.05) is 0 Å². The normalized spacial score (nSPS) is 9.80. The summed E-state index contributed by atoms with van der Waals surface area (Å²) in [6.45, 7) is 4.05. The standard InChI is InChI=1S/C6H7N3S/c1-4(2)6-5(3-7)8-9-10-6/h4H,1-2H3. The van der Waals surface area contributed by atoms with Crippen molar-refractivity contribution in [2.45, 2.75) is 19.8 Å². The van der Waals surface area contributed by atoms with Crippen LogP contribution in [0.5, 0.6) is 0 Å². The highest BCUT2D eigenvalue weighted by Crippen LogP contribution is 2.19. The second-order valence-electron chi connectivity index (χ2n) is 2.25. The van der Waals surface area contributed by atoms with Crippen LogP contribution < -0.4 is 0 Å². The van der Waals surface area contributed by atoms with Gasteiger partial charge in [0.1, 0.15) is 6.07 Å². The van der Waals surface area contributed by atoms with E-state index in [4.69, 9.17) is 5.26 Å². The van der Waals surface area contributed by atoms with Gasteiger partial charge < -0.3 is 0 Å². The molecule has 0 radical (unpaired) electrons. The van der Waals surface area contributed by atoms with Crippen LogP contribution in [0.3, 0.4) is 0 Å². The van der Waals surface area contributed by atoms with Crippen LogP contribution in [0.15, 0.2) is 0 Å². The summed E-state index contributed by atoms with van der Waals surface area (Å²) < 4.78 is 3.68. The fraction of sp³-hybridized carbons (Fsp3) is 0.500. The van der Waals surface area contributed by atoms with Crippen LogP contribution in [0.2, 0.25) is 0 Å². The summed E-state index contributed by atoms with van der Waals surface area (Å²) in [6, 6.07) is 1.99. The van der Waals surface area contributed by atoms with E-state index >= 15 is 0 Å². The van der Waals surface area contributed by atoms with Crippen molar-refractivity contribution in [1.29, 1.82) is 5.26 Å². The number of rotatable bonds is 1. The Labute approximate surface area is 63.5 Å². The minimum absolute atomic E-state index is 0.356. The number of hydrogen-bond donors (Lipinski definition) is 0. The maximum absolute atomic E-state index is 8.51. The van der Waals surface area contributed by atoms with Gasteiger partial charge in [0.25, 0.3) is 0 Å². The van der Waals surface area contributed by atoms with Gasteiger partial charge in [0.05, 0.1) is 4.88 Å². The molecule has 0 unspecified atom stereocenters. The molecule has 0 aliphatic heterocycles. The third-order valence-electron chi connectivity index (χ3n) is 1.14. The molecule has 3 nitrogen and oxygen atoms in total. The number of nitrogens with zero attached hydrogens (tertiary/aromatic N) is 3. The van der Waals surface area contributed by atoms with Crippen LogP contribution in [0.1, 0.15) is 30.3 Å². The first-order chi connectivity index (χ1) is 4.75. The van der Waals surface area contributed by atoms with Gasteiger partial charge in [-0.05, 0) is 17.5 Å². The lowest BCUT2D eigenvalue weighted by Gasteiger charge is -1.95. The summed E-state index contributed by atoms with van der Waals surface area (Å²) in [5.41, 5.74) is 0.472. The third-order valence-corrected chi connectivity index (χ3v) is 2.17. The largest absolute Gasteiger partial charge is 0.191 e. The van der Waals surface area contributed by atoms with Gasteiger partial charge in [0.15, 0.2) is 5.69 Å². The van der Waals surface area contributed by atoms with E-state index in [2.05, 4.69) is 9.59 Å². The average Bonchev–Trinajstić information content (AvgIpc) is 2.33. The first-order valence-corrected chi connectivity index (χ1v) is 3.75. The summed E-state index contributed by atoms with van der Waals surface area (Å²) in [4.78, 5) is 0.975. The second kappa shape index (κ2) is 2.76. The molecule has 10 heavy (non-hydrogen) atoms. The molecule has 0 aromatic carbocycles. The molecule has 0 amide bonds. The van der Waals surface area contributed by atoms with Gasteiger partial charge in [0, 0.05) is 0 Å². The highest BCUT2D eigenvalue weighted by Gasteiger charge is 2.09. The molecule has 52 valence electrons. The Hall–Kier alpha value is -0.950. The van der Waals surface area contributed by atoms with Crippen molar-refractivity contribution in [3.8, 4) is 6.07 Å². The zero-order valence-electron chi connectivity index (χ0n) is 5.83. The van der Waals surface area contributed by atoms with Gasteiger partial charge in [0.2, 0.25) is 0 Å². The molecule has 0 aliphatic rings. The Morgan fingerprint density at radius 1 is 1.60 bits per heavy atom. The van der Waals surface area contributed by atoms with Crippen LogP contribution in [0.4, 0.5) is 0 Å². The maximum Gasteiger partial charge on any atom is 0.178 e. The van der Waals surface area contributed by atoms with Crippen LogP contribution in [-0.2, 0) is 0 Å². The van der Waals surface area contributed by atoms with Gasteiger partial charge in [-0.1, -0.05) is 18.3 Å². The van der Waals surface area contributed by atoms with E-state index < -0.39 is 0 Å². The van der Waals surface area contributed by atoms with E-state index in [0.717, 1.165) is 4.88 Å². The SMILES string of the molecule is CC(C)c1snnc1C#N. The van der Waals surface area contributed by atoms with Gasteiger partial charge >= 0.3 is 0 Å². The average molecular weight is 153 g/mol. The van der Waals surface area contributed by atoms with Crippen LogP contribution in [0, 0.1) is 11.3 Å². The van der Waals surface area contributed by atoms with Crippen molar-refractivity contribution >= 4 is 11.5 Å². The van der Waals surface area contributed by atoms with E-state index in [1.807, 2.05) is 19.9 Å². The molecule has 0 saturated heterocycles. The summed E-state index contributed by atoms with van der Waals surface area (Å²) in [5.74, 6) is 0.356. The van der Waals surface area contributed by atoms with Gasteiger partial charge in [-0.3, -0.25) is 0 Å². The lowest BCUT2D eigenvalue weighted by molar-refractivity contribution is 0.878. The molecule has 0 aliphatic carbocycles. The first-order valence-electron chi connectivity index (χ1n) is 2.98. The Morgan fingerprint density at radius 3 is 2.70 bits per heavy atom. The maximum atomic E-state index is 8.51. The highest BCUT2D eigenvalue weighted by molar-refractivity contribution is 7.05. The second-order valence-corrected chi connectivity index (χ2v) is 3.04. The Bertz CT molecular complexity index is 258. The lowest BCUT2D eigenvalue weighted by atomic mass is 10.1. The molecule has 0 spiro atoms. The molecule has 1 rings (SSSR count). The number of hydrogen-bond acceptors (Lipinski definition) is 4. The van der Waals surface area contributed by atoms with Crippen molar-refractivity contribution in [1.82, 2.24) is 9.59 Å². The smallest absolute Gasteiger partial charge is 0.178 e. The summed E-state index contributed by atoms with van der Waals surface area (Å²) >= 11 is 1.30. The zero-order valence-corrected chi connectivity index (χ0v) is 6.64. The molecular formula is C6H7N3S. The summed E-state index contributed by atoms with van der Waals surface area (Å²) in [5, 5.41) is 12.2. The van der Waals surface area contributed by atoms with Crippen molar-refractivity contribution in [2.24, 2.45) is 0 Å². The Kier molecular flexibility index (Phi) is 1.97. The highest BCUT2D eigenvalue weighted by atomic mass is 32.1. The van der Waals surface area contributed by atoms with E-state index in [1.165, 1.54) is 11.5 Å². The molecule has 0 atom stereocenters. The minimum Gasteiger partial charge on any atom is -0.191 e. The molecule has 0 bridgehead atoms. The fourth-order valence-corrected chi connectivity index (χ4v) is 1.25. The van der Waals surface area contributed by atoms with Crippen molar-refractivity contribution < 1.29 is 0 Å². The zero-order chi connectivity index (χ0) is 7.56. The quantitative estimate of drug-likeness (QED) is 0.614. The lowest BCUT2D eigenvalue weighted by Crippen LogP contribution is -1.86. The molecule has 4 heteroatoms. The minimum atomic E-state index is 0.356. The number of aromatic nitrogens is 2. The van der Waals surface area contributed by atoms with Crippen LogP contribution in [0.25, 0.3) is 0 Å². The predicted molar refractivity (Wildman–Crippen MR) is 38.7 cm³/mol. The van der Waals surface area contributed by atoms with E-state index in [9.17, 15) is 0 Å². The van der Waals surface area contributed by atoms with Crippen LogP contribution in [-0.4, -0.2) is 9.59 Å². The topological polar surface area (TPSA) is 49.6 Å². The number of nitriles is 1. The van der Waals surface area contributed by atoms with Gasteiger partial charge in [-0.25, -0.2) is 0 Å². The van der Waals surface area contributed by atoms with Crippen molar-refractivity contribution in [3.05, 3.63) is 10.6 Å². The Balaban J connectivity index is 3.05. The van der Waals surface area contributed by atoms with Crippen LogP contribution >= 0.6 is 11.5 Å². The summed E-state index contributed by atoms with van der Waals surface area (Å²) in [6.07, 6.45) is 0. The van der Waals surface area contributed by atoms with Gasteiger partial charge in [-0.2, -0.15) is 5.26 Å². The van der Waals surface area contributed by atoms with Gasteiger partial charge in [-0.15, -0.1) is 5.10 Å².